The molecule has 0 aromatic heterocycles. The van der Waals surface area contributed by atoms with Crippen molar-refractivity contribution in [1.29, 1.82) is 0 Å². The summed E-state index contributed by atoms with van der Waals surface area (Å²) < 4.78 is 13.4. The molecule has 8 heteroatoms. The minimum absolute atomic E-state index is 0.0942. The van der Waals surface area contributed by atoms with Gasteiger partial charge in [-0.05, 0) is 37.3 Å². The van der Waals surface area contributed by atoms with Crippen molar-refractivity contribution in [2.24, 2.45) is 10.3 Å². The van der Waals surface area contributed by atoms with Crippen molar-refractivity contribution in [3.8, 4) is 0 Å². The van der Waals surface area contributed by atoms with Crippen molar-refractivity contribution in [3.05, 3.63) is 58.9 Å². The third kappa shape index (κ3) is 2.39. The third-order valence-electron chi connectivity index (χ3n) is 4.24. The first kappa shape index (κ1) is 15.7. The van der Waals surface area contributed by atoms with Gasteiger partial charge in [-0.3, -0.25) is 9.59 Å². The van der Waals surface area contributed by atoms with Crippen molar-refractivity contribution in [3.63, 3.8) is 0 Å². The van der Waals surface area contributed by atoms with Crippen molar-refractivity contribution >= 4 is 34.8 Å². The molecule has 2 aliphatic rings. The number of fused-ring (bicyclic) bond motifs is 1. The van der Waals surface area contributed by atoms with Gasteiger partial charge in [0.1, 0.15) is 5.82 Å². The van der Waals surface area contributed by atoms with Crippen LogP contribution < -0.4 is 9.91 Å². The molecule has 0 N–H and O–H groups in total. The molecule has 6 nitrogen and oxygen atoms in total. The molecule has 2 amide bonds. The molecule has 2 aliphatic heterocycles. The number of rotatable bonds is 2. The summed E-state index contributed by atoms with van der Waals surface area (Å²) in [5, 5.41) is 9.06. The molecule has 2 heterocycles. The molecule has 4 rings (SSSR count). The van der Waals surface area contributed by atoms with Crippen LogP contribution in [0.15, 0.2) is 52.8 Å². The summed E-state index contributed by atoms with van der Waals surface area (Å²) >= 11 is 5.80. The number of imide groups is 1. The van der Waals surface area contributed by atoms with Crippen molar-refractivity contribution in [2.75, 3.05) is 9.91 Å². The topological polar surface area (TPSA) is 65.3 Å². The Labute approximate surface area is 147 Å². The number of anilines is 2. The van der Waals surface area contributed by atoms with Crippen LogP contribution in [-0.4, -0.2) is 23.9 Å². The lowest BCUT2D eigenvalue weighted by atomic mass is 10.1. The lowest BCUT2D eigenvalue weighted by Gasteiger charge is -2.20. The number of aryl methyl sites for hydroxylation is 1. The fourth-order valence-electron chi connectivity index (χ4n) is 2.95. The average molecular weight is 359 g/mol. The number of amides is 2. The van der Waals surface area contributed by atoms with Gasteiger partial charge >= 0.3 is 0 Å². The summed E-state index contributed by atoms with van der Waals surface area (Å²) in [4.78, 5) is 26.6. The fourth-order valence-corrected chi connectivity index (χ4v) is 3.12. The molecular weight excluding hydrogens is 347 g/mol. The van der Waals surface area contributed by atoms with Crippen LogP contribution in [-0.2, 0) is 9.59 Å². The highest BCUT2D eigenvalue weighted by Crippen LogP contribution is 2.36. The van der Waals surface area contributed by atoms with Gasteiger partial charge in [-0.15, -0.1) is 0 Å². The molecule has 2 aromatic rings. The van der Waals surface area contributed by atoms with Gasteiger partial charge < -0.3 is 0 Å². The SMILES string of the molecule is Cc1ccc(N2C(=O)[C@H]3N=NN(c4ccc(F)c(Cl)c4)[C@H]3C2=O)cc1. The van der Waals surface area contributed by atoms with Crippen molar-refractivity contribution in [2.45, 2.75) is 19.0 Å². The first-order valence-electron chi connectivity index (χ1n) is 7.57. The lowest BCUT2D eigenvalue weighted by Crippen LogP contribution is -2.39. The molecule has 2 aromatic carbocycles. The van der Waals surface area contributed by atoms with E-state index in [0.717, 1.165) is 10.5 Å². The molecule has 1 saturated heterocycles. The van der Waals surface area contributed by atoms with Crippen LogP contribution in [0.4, 0.5) is 15.8 Å². The largest absolute Gasteiger partial charge is 0.271 e. The summed E-state index contributed by atoms with van der Waals surface area (Å²) in [5.41, 5.74) is 1.90. The predicted molar refractivity (Wildman–Crippen MR) is 90.0 cm³/mol. The molecule has 0 radical (unpaired) electrons. The number of benzene rings is 2. The predicted octanol–water partition coefficient (Wildman–Crippen LogP) is 3.29. The number of hydrogen-bond donors (Lipinski definition) is 0. The highest BCUT2D eigenvalue weighted by atomic mass is 35.5. The van der Waals surface area contributed by atoms with E-state index >= 15 is 0 Å². The Morgan fingerprint density at radius 1 is 1.04 bits per heavy atom. The normalized spacial score (nSPS) is 22.0. The van der Waals surface area contributed by atoms with Crippen LogP contribution in [0, 0.1) is 12.7 Å². The van der Waals surface area contributed by atoms with E-state index in [-0.39, 0.29) is 5.02 Å². The Bertz CT molecular complexity index is 915. The first-order chi connectivity index (χ1) is 12.0. The van der Waals surface area contributed by atoms with Gasteiger partial charge in [0.2, 0.25) is 0 Å². The van der Waals surface area contributed by atoms with Crippen molar-refractivity contribution in [1.82, 2.24) is 0 Å². The Morgan fingerprint density at radius 2 is 1.72 bits per heavy atom. The number of nitrogens with zero attached hydrogens (tertiary/aromatic N) is 4. The zero-order valence-corrected chi connectivity index (χ0v) is 13.8. The maximum Gasteiger partial charge on any atom is 0.263 e. The van der Waals surface area contributed by atoms with Gasteiger partial charge in [-0.2, -0.15) is 5.11 Å². The van der Waals surface area contributed by atoms with E-state index in [4.69, 9.17) is 11.6 Å². The van der Waals surface area contributed by atoms with Crippen molar-refractivity contribution < 1.29 is 14.0 Å². The maximum atomic E-state index is 13.4. The van der Waals surface area contributed by atoms with E-state index in [1.165, 1.54) is 23.2 Å². The van der Waals surface area contributed by atoms with Gasteiger partial charge in [0.05, 0.1) is 16.4 Å². The zero-order valence-electron chi connectivity index (χ0n) is 13.1. The Hall–Kier alpha value is -2.80. The molecule has 126 valence electrons. The highest BCUT2D eigenvalue weighted by Gasteiger charge is 2.55. The average Bonchev–Trinajstić information content (AvgIpc) is 3.13. The minimum atomic E-state index is -0.919. The van der Waals surface area contributed by atoms with E-state index < -0.39 is 29.7 Å². The Balaban J connectivity index is 1.70. The smallest absolute Gasteiger partial charge is 0.263 e. The molecule has 25 heavy (non-hydrogen) atoms. The number of carbonyl (C=O) groups excluding carboxylic acids is 2. The van der Waals surface area contributed by atoms with E-state index in [2.05, 4.69) is 10.3 Å². The summed E-state index contributed by atoms with van der Waals surface area (Å²) in [6.07, 6.45) is 0. The van der Waals surface area contributed by atoms with Gasteiger partial charge in [0.15, 0.2) is 12.1 Å². The second-order valence-corrected chi connectivity index (χ2v) is 6.29. The first-order valence-corrected chi connectivity index (χ1v) is 7.95. The van der Waals surface area contributed by atoms with E-state index in [1.807, 2.05) is 19.1 Å². The quantitative estimate of drug-likeness (QED) is 0.774. The van der Waals surface area contributed by atoms with E-state index in [1.54, 1.807) is 12.1 Å². The van der Waals surface area contributed by atoms with Gasteiger partial charge in [0, 0.05) is 0 Å². The molecule has 2 atom stereocenters. The summed E-state index contributed by atoms with van der Waals surface area (Å²) in [5.74, 6) is -1.43. The molecule has 0 spiro atoms. The summed E-state index contributed by atoms with van der Waals surface area (Å²) in [7, 11) is 0. The summed E-state index contributed by atoms with van der Waals surface area (Å²) in [6.45, 7) is 1.92. The maximum absolute atomic E-state index is 13.4. The second kappa shape index (κ2) is 5.63. The Morgan fingerprint density at radius 3 is 2.40 bits per heavy atom. The number of halogens is 2. The lowest BCUT2D eigenvalue weighted by molar-refractivity contribution is -0.121. The second-order valence-electron chi connectivity index (χ2n) is 5.89. The standard InChI is InChI=1S/C17H12ClFN4O2/c1-9-2-4-10(5-3-9)22-16(24)14-15(17(22)25)23(21-20-14)11-6-7-13(19)12(18)8-11/h2-8,14-15H,1H3/t14-,15+/m0/s1. The highest BCUT2D eigenvalue weighted by molar-refractivity contribution is 6.31. The van der Waals surface area contributed by atoms with Crippen LogP contribution in [0.2, 0.25) is 5.02 Å². The van der Waals surface area contributed by atoms with Gasteiger partial charge in [-0.1, -0.05) is 34.5 Å². The monoisotopic (exact) mass is 358 g/mol. The van der Waals surface area contributed by atoms with Crippen LogP contribution >= 0.6 is 11.6 Å². The number of hydrogen-bond acceptors (Lipinski definition) is 5. The summed E-state index contributed by atoms with van der Waals surface area (Å²) in [6, 6.07) is 9.23. The molecular formula is C17H12ClFN4O2. The third-order valence-corrected chi connectivity index (χ3v) is 4.53. The number of carbonyl (C=O) groups is 2. The molecule has 0 saturated carbocycles. The Kier molecular flexibility index (Phi) is 3.54. The molecule has 0 bridgehead atoms. The van der Waals surface area contributed by atoms with Crippen LogP contribution in [0.3, 0.4) is 0 Å². The fraction of sp³-hybridized carbons (Fsp3) is 0.176. The van der Waals surface area contributed by atoms with Crippen LogP contribution in [0.25, 0.3) is 0 Å². The molecule has 0 aliphatic carbocycles. The zero-order chi connectivity index (χ0) is 17.7. The van der Waals surface area contributed by atoms with Gasteiger partial charge in [-0.25, -0.2) is 14.3 Å². The molecule has 0 unspecified atom stereocenters. The molecule has 1 fully saturated rings. The van der Waals surface area contributed by atoms with Crippen LogP contribution in [0.5, 0.6) is 0 Å². The van der Waals surface area contributed by atoms with Crippen LogP contribution in [0.1, 0.15) is 5.56 Å². The van der Waals surface area contributed by atoms with E-state index in [9.17, 15) is 14.0 Å². The van der Waals surface area contributed by atoms with E-state index in [0.29, 0.717) is 11.4 Å². The minimum Gasteiger partial charge on any atom is -0.271 e. The van der Waals surface area contributed by atoms with Gasteiger partial charge in [0.25, 0.3) is 11.8 Å².